The van der Waals surface area contributed by atoms with Crippen LogP contribution in [-0.2, 0) is 4.79 Å². The maximum absolute atomic E-state index is 13.3. The van der Waals surface area contributed by atoms with Crippen LogP contribution in [0, 0.1) is 16.7 Å². The van der Waals surface area contributed by atoms with Crippen molar-refractivity contribution in [3.05, 3.63) is 82.7 Å². The Morgan fingerprint density at radius 1 is 1.10 bits per heavy atom. The number of carbonyl (C=O) groups is 1. The van der Waals surface area contributed by atoms with Crippen LogP contribution in [0.3, 0.4) is 0 Å². The summed E-state index contributed by atoms with van der Waals surface area (Å²) in [4.78, 5) is 17.9. The molecule has 0 saturated heterocycles. The summed E-state index contributed by atoms with van der Waals surface area (Å²) in [5.41, 5.74) is 6.51. The van der Waals surface area contributed by atoms with Crippen LogP contribution in [-0.4, -0.2) is 10.8 Å². The van der Waals surface area contributed by atoms with Crippen molar-refractivity contribution in [1.82, 2.24) is 4.98 Å². The zero-order valence-electron chi connectivity index (χ0n) is 16.5. The van der Waals surface area contributed by atoms with E-state index < -0.39 is 0 Å². The van der Waals surface area contributed by atoms with Crippen molar-refractivity contribution < 1.29 is 4.79 Å². The highest BCUT2D eigenvalue weighted by molar-refractivity contribution is 6.04. The summed E-state index contributed by atoms with van der Waals surface area (Å²) in [5.74, 6) is 0.0372. The molecule has 3 aromatic rings. The second kappa shape index (κ2) is 6.28. The second-order valence-corrected chi connectivity index (χ2v) is 8.72. The Morgan fingerprint density at radius 3 is 2.66 bits per heavy atom. The third kappa shape index (κ3) is 2.82. The second-order valence-electron chi connectivity index (χ2n) is 8.72. The molecule has 1 aliphatic heterocycles. The van der Waals surface area contributed by atoms with Crippen LogP contribution in [0.25, 0.3) is 10.9 Å². The summed E-state index contributed by atoms with van der Waals surface area (Å²) < 4.78 is 0. The SMILES string of the molecule is CC1(C)CC(=O)C2=C(C1)Nc1ccc3ncccc3c1C2c1ccc(C#N)cc1. The van der Waals surface area contributed by atoms with E-state index in [0.717, 1.165) is 45.4 Å². The molecule has 1 aromatic heterocycles. The number of benzene rings is 2. The Balaban J connectivity index is 1.80. The highest BCUT2D eigenvalue weighted by Gasteiger charge is 2.41. The molecular weight excluding hydrogens is 358 g/mol. The number of fused-ring (bicyclic) bond motifs is 3. The molecule has 0 spiro atoms. The molecule has 2 heterocycles. The molecule has 1 aliphatic carbocycles. The van der Waals surface area contributed by atoms with E-state index in [1.807, 2.05) is 36.4 Å². The minimum atomic E-state index is -0.162. The number of hydrogen-bond acceptors (Lipinski definition) is 4. The van der Waals surface area contributed by atoms with Crippen molar-refractivity contribution in [2.75, 3.05) is 5.32 Å². The van der Waals surface area contributed by atoms with Crippen LogP contribution in [0.2, 0.25) is 0 Å². The van der Waals surface area contributed by atoms with Crippen molar-refractivity contribution in [1.29, 1.82) is 5.26 Å². The van der Waals surface area contributed by atoms with Crippen molar-refractivity contribution in [3.63, 3.8) is 0 Å². The van der Waals surface area contributed by atoms with Gasteiger partial charge in [-0.1, -0.05) is 32.0 Å². The number of nitrogens with zero attached hydrogens (tertiary/aromatic N) is 2. The van der Waals surface area contributed by atoms with Crippen LogP contribution < -0.4 is 5.32 Å². The normalized spacial score (nSPS) is 19.9. The fourth-order valence-corrected chi connectivity index (χ4v) is 4.77. The molecule has 4 nitrogen and oxygen atoms in total. The molecule has 0 bridgehead atoms. The smallest absolute Gasteiger partial charge is 0.162 e. The van der Waals surface area contributed by atoms with Gasteiger partial charge in [-0.3, -0.25) is 9.78 Å². The van der Waals surface area contributed by atoms with E-state index in [0.29, 0.717) is 12.0 Å². The molecule has 142 valence electrons. The first-order valence-corrected chi connectivity index (χ1v) is 9.88. The molecule has 0 radical (unpaired) electrons. The predicted molar refractivity (Wildman–Crippen MR) is 113 cm³/mol. The fourth-order valence-electron chi connectivity index (χ4n) is 4.77. The van der Waals surface area contributed by atoms with Gasteiger partial charge in [-0.05, 0) is 53.3 Å². The zero-order valence-corrected chi connectivity index (χ0v) is 16.5. The van der Waals surface area contributed by atoms with Crippen molar-refractivity contribution in [3.8, 4) is 6.07 Å². The first kappa shape index (κ1) is 17.6. The Kier molecular flexibility index (Phi) is 3.82. The fraction of sp³-hybridized carbons (Fsp3) is 0.240. The maximum Gasteiger partial charge on any atom is 0.162 e. The molecule has 2 aliphatic rings. The standard InChI is InChI=1S/C25H21N3O/c1-25(2)12-20-24(21(29)13-25)22(16-7-5-15(14-26)6-8-16)23-17-4-3-11-27-18(17)9-10-19(23)28-20/h3-11,22,28H,12-13H2,1-2H3. The van der Waals surface area contributed by atoms with Gasteiger partial charge in [0.2, 0.25) is 0 Å². The van der Waals surface area contributed by atoms with Gasteiger partial charge in [-0.2, -0.15) is 5.26 Å². The summed E-state index contributed by atoms with van der Waals surface area (Å²) in [7, 11) is 0. The average molecular weight is 379 g/mol. The van der Waals surface area contributed by atoms with Crippen LogP contribution in [0.1, 0.15) is 49.3 Å². The minimum Gasteiger partial charge on any atom is -0.358 e. The van der Waals surface area contributed by atoms with Gasteiger partial charge in [0.25, 0.3) is 0 Å². The number of aromatic nitrogens is 1. The predicted octanol–water partition coefficient (Wildman–Crippen LogP) is 5.31. The molecular formula is C25H21N3O. The summed E-state index contributed by atoms with van der Waals surface area (Å²) in [6, 6.07) is 17.9. The van der Waals surface area contributed by atoms with Gasteiger partial charge in [-0.15, -0.1) is 0 Å². The first-order chi connectivity index (χ1) is 14.0. The van der Waals surface area contributed by atoms with Crippen LogP contribution in [0.15, 0.2) is 66.0 Å². The van der Waals surface area contributed by atoms with Gasteiger partial charge in [0.15, 0.2) is 5.78 Å². The number of rotatable bonds is 1. The molecule has 2 aromatic carbocycles. The number of nitriles is 1. The Bertz CT molecular complexity index is 1230. The number of hydrogen-bond donors (Lipinski definition) is 1. The number of nitrogens with one attached hydrogen (secondary N) is 1. The third-order valence-electron chi connectivity index (χ3n) is 5.98. The van der Waals surface area contributed by atoms with E-state index in [1.54, 1.807) is 6.20 Å². The summed E-state index contributed by atoms with van der Waals surface area (Å²) >= 11 is 0. The molecule has 0 amide bonds. The van der Waals surface area contributed by atoms with E-state index in [2.05, 4.69) is 42.4 Å². The van der Waals surface area contributed by atoms with Crippen molar-refractivity contribution in [2.45, 2.75) is 32.6 Å². The van der Waals surface area contributed by atoms with Crippen molar-refractivity contribution in [2.24, 2.45) is 5.41 Å². The van der Waals surface area contributed by atoms with Crippen LogP contribution in [0.5, 0.6) is 0 Å². The first-order valence-electron chi connectivity index (χ1n) is 9.88. The molecule has 4 heteroatoms. The number of ketones is 1. The number of carbonyl (C=O) groups excluding carboxylic acids is 1. The lowest BCUT2D eigenvalue weighted by atomic mass is 9.68. The molecule has 0 saturated carbocycles. The van der Waals surface area contributed by atoms with Gasteiger partial charge >= 0.3 is 0 Å². The molecule has 5 rings (SSSR count). The summed E-state index contributed by atoms with van der Waals surface area (Å²) in [5, 5.41) is 13.8. The van der Waals surface area contributed by atoms with E-state index in [1.165, 1.54) is 0 Å². The van der Waals surface area contributed by atoms with E-state index >= 15 is 0 Å². The topological polar surface area (TPSA) is 65.8 Å². The van der Waals surface area contributed by atoms with E-state index in [4.69, 9.17) is 0 Å². The van der Waals surface area contributed by atoms with E-state index in [9.17, 15) is 10.1 Å². The van der Waals surface area contributed by atoms with Gasteiger partial charge in [0.1, 0.15) is 0 Å². The van der Waals surface area contributed by atoms with Crippen molar-refractivity contribution >= 4 is 22.4 Å². The third-order valence-corrected chi connectivity index (χ3v) is 5.98. The monoisotopic (exact) mass is 379 g/mol. The minimum absolute atomic E-state index is 0.0615. The number of Topliss-reactive ketones (excluding diaryl/α,β-unsaturated/α-hetero) is 1. The zero-order chi connectivity index (χ0) is 20.2. The number of allylic oxidation sites excluding steroid dienone is 2. The Hall–Kier alpha value is -3.45. The highest BCUT2D eigenvalue weighted by Crippen LogP contribution is 2.50. The maximum atomic E-state index is 13.3. The van der Waals surface area contributed by atoms with Crippen LogP contribution in [0.4, 0.5) is 5.69 Å². The Labute approximate surface area is 169 Å². The average Bonchev–Trinajstić information content (AvgIpc) is 2.71. The lowest BCUT2D eigenvalue weighted by molar-refractivity contribution is -0.118. The lowest BCUT2D eigenvalue weighted by Gasteiger charge is -2.40. The molecule has 1 unspecified atom stereocenters. The summed E-state index contributed by atoms with van der Waals surface area (Å²) in [6.07, 6.45) is 3.17. The van der Waals surface area contributed by atoms with Gasteiger partial charge < -0.3 is 5.32 Å². The molecule has 1 atom stereocenters. The van der Waals surface area contributed by atoms with Crippen LogP contribution >= 0.6 is 0 Å². The largest absolute Gasteiger partial charge is 0.358 e. The molecule has 1 N–H and O–H groups in total. The van der Waals surface area contributed by atoms with Gasteiger partial charge in [-0.25, -0.2) is 0 Å². The Morgan fingerprint density at radius 2 is 1.90 bits per heavy atom. The molecule has 29 heavy (non-hydrogen) atoms. The van der Waals surface area contributed by atoms with Gasteiger partial charge in [0, 0.05) is 40.9 Å². The quantitative estimate of drug-likeness (QED) is 0.622. The lowest BCUT2D eigenvalue weighted by Crippen LogP contribution is -2.33. The van der Waals surface area contributed by atoms with Gasteiger partial charge in [0.05, 0.1) is 17.1 Å². The number of anilines is 1. The van der Waals surface area contributed by atoms with E-state index in [-0.39, 0.29) is 17.1 Å². The molecule has 0 fully saturated rings. The summed E-state index contributed by atoms with van der Waals surface area (Å²) in [6.45, 7) is 4.29. The number of pyridine rings is 1. The highest BCUT2D eigenvalue weighted by atomic mass is 16.1.